The third-order valence-corrected chi connectivity index (χ3v) is 3.32. The minimum Gasteiger partial charge on any atom is -0.491 e. The molecule has 96 valence electrons. The average molecular weight is 254 g/mol. The van der Waals surface area contributed by atoms with Gasteiger partial charge in [-0.3, -0.25) is 11.3 Å². The molecule has 0 aliphatic carbocycles. The van der Waals surface area contributed by atoms with Gasteiger partial charge in [0.1, 0.15) is 5.75 Å². The highest BCUT2D eigenvalue weighted by Crippen LogP contribution is 2.21. The molecule has 0 amide bonds. The number of hydrazine groups is 1. The van der Waals surface area contributed by atoms with Gasteiger partial charge in [-0.25, -0.2) is 0 Å². The molecular formula is C13H22N2OS. The number of ether oxygens (including phenoxy) is 1. The summed E-state index contributed by atoms with van der Waals surface area (Å²) in [5, 5.41) is 0. The van der Waals surface area contributed by atoms with Crippen molar-refractivity contribution in [3.05, 3.63) is 29.8 Å². The van der Waals surface area contributed by atoms with Crippen LogP contribution in [0.2, 0.25) is 0 Å². The van der Waals surface area contributed by atoms with Gasteiger partial charge in [0.25, 0.3) is 0 Å². The number of hydrogen-bond acceptors (Lipinski definition) is 4. The summed E-state index contributed by atoms with van der Waals surface area (Å²) in [7, 11) is 0. The van der Waals surface area contributed by atoms with Gasteiger partial charge in [0, 0.05) is 5.75 Å². The van der Waals surface area contributed by atoms with Gasteiger partial charge in [0.15, 0.2) is 0 Å². The van der Waals surface area contributed by atoms with Crippen LogP contribution in [0.15, 0.2) is 24.3 Å². The van der Waals surface area contributed by atoms with Crippen LogP contribution in [-0.2, 0) is 0 Å². The Hall–Kier alpha value is -0.710. The van der Waals surface area contributed by atoms with Crippen LogP contribution in [0.5, 0.6) is 5.75 Å². The van der Waals surface area contributed by atoms with Gasteiger partial charge in [-0.1, -0.05) is 19.1 Å². The zero-order valence-corrected chi connectivity index (χ0v) is 11.6. The molecule has 0 heterocycles. The first-order chi connectivity index (χ1) is 8.17. The highest BCUT2D eigenvalue weighted by Gasteiger charge is 2.09. The molecular weight excluding hydrogens is 232 g/mol. The molecule has 1 rings (SSSR count). The molecule has 1 aromatic carbocycles. The summed E-state index contributed by atoms with van der Waals surface area (Å²) in [4.78, 5) is 0. The highest BCUT2D eigenvalue weighted by molar-refractivity contribution is 7.99. The molecule has 0 fully saturated rings. The normalized spacial score (nSPS) is 12.8. The predicted molar refractivity (Wildman–Crippen MR) is 75.3 cm³/mol. The molecule has 0 aliphatic heterocycles. The Morgan fingerprint density at radius 2 is 1.94 bits per heavy atom. The van der Waals surface area contributed by atoms with Crippen LogP contribution in [-0.4, -0.2) is 17.6 Å². The third kappa shape index (κ3) is 4.98. The number of rotatable bonds is 7. The maximum Gasteiger partial charge on any atom is 0.119 e. The molecule has 3 nitrogen and oxygen atoms in total. The molecule has 1 atom stereocenters. The van der Waals surface area contributed by atoms with Crippen LogP contribution in [0.3, 0.4) is 0 Å². The van der Waals surface area contributed by atoms with Crippen LogP contribution in [0.25, 0.3) is 0 Å². The molecule has 1 unspecified atom stereocenters. The number of hydrogen-bond donors (Lipinski definition) is 2. The molecule has 0 bridgehead atoms. The largest absolute Gasteiger partial charge is 0.491 e. The van der Waals surface area contributed by atoms with E-state index in [0.717, 1.165) is 17.3 Å². The molecule has 0 saturated carbocycles. The van der Waals surface area contributed by atoms with Crippen molar-refractivity contribution in [2.24, 2.45) is 5.84 Å². The Morgan fingerprint density at radius 3 is 2.41 bits per heavy atom. The summed E-state index contributed by atoms with van der Waals surface area (Å²) in [6.45, 7) is 6.20. The Kier molecular flexibility index (Phi) is 6.40. The van der Waals surface area contributed by atoms with Crippen molar-refractivity contribution in [1.29, 1.82) is 0 Å². The standard InChI is InChI=1S/C13H22N2OS/c1-4-17-9-13(15-14)11-5-7-12(8-6-11)16-10(2)3/h5-8,10,13,15H,4,9,14H2,1-3H3. The molecule has 3 N–H and O–H groups in total. The molecule has 17 heavy (non-hydrogen) atoms. The fourth-order valence-electron chi connectivity index (χ4n) is 1.53. The van der Waals surface area contributed by atoms with Crippen molar-refractivity contribution in [1.82, 2.24) is 5.43 Å². The third-order valence-electron chi connectivity index (χ3n) is 2.34. The maximum atomic E-state index is 5.61. The van der Waals surface area contributed by atoms with Crippen LogP contribution in [0.1, 0.15) is 32.4 Å². The van der Waals surface area contributed by atoms with E-state index in [0.29, 0.717) is 0 Å². The lowest BCUT2D eigenvalue weighted by molar-refractivity contribution is 0.242. The summed E-state index contributed by atoms with van der Waals surface area (Å²) >= 11 is 1.88. The van der Waals surface area contributed by atoms with Crippen molar-refractivity contribution in [2.75, 3.05) is 11.5 Å². The summed E-state index contributed by atoms with van der Waals surface area (Å²) in [5.41, 5.74) is 4.05. The second-order valence-electron chi connectivity index (χ2n) is 4.11. The SMILES string of the molecule is CCSCC(NN)c1ccc(OC(C)C)cc1. The van der Waals surface area contributed by atoms with Gasteiger partial charge in [-0.15, -0.1) is 0 Å². The lowest BCUT2D eigenvalue weighted by Crippen LogP contribution is -2.29. The van der Waals surface area contributed by atoms with E-state index < -0.39 is 0 Å². The quantitative estimate of drug-likeness (QED) is 0.580. The second kappa shape index (κ2) is 7.58. The second-order valence-corrected chi connectivity index (χ2v) is 5.43. The van der Waals surface area contributed by atoms with Crippen molar-refractivity contribution in [3.8, 4) is 5.75 Å². The van der Waals surface area contributed by atoms with Gasteiger partial charge in [-0.05, 0) is 37.3 Å². The fourth-order valence-corrected chi connectivity index (χ4v) is 2.29. The van der Waals surface area contributed by atoms with E-state index in [1.807, 2.05) is 37.7 Å². The first-order valence-corrected chi connectivity index (χ1v) is 7.13. The van der Waals surface area contributed by atoms with Gasteiger partial charge in [0.05, 0.1) is 12.1 Å². The minimum absolute atomic E-state index is 0.202. The van der Waals surface area contributed by atoms with E-state index in [4.69, 9.17) is 10.6 Å². The average Bonchev–Trinajstić information content (AvgIpc) is 2.31. The zero-order valence-electron chi connectivity index (χ0n) is 10.8. The molecule has 0 radical (unpaired) electrons. The van der Waals surface area contributed by atoms with Crippen molar-refractivity contribution in [2.45, 2.75) is 32.9 Å². The maximum absolute atomic E-state index is 5.61. The minimum atomic E-state index is 0.202. The topological polar surface area (TPSA) is 47.3 Å². The smallest absolute Gasteiger partial charge is 0.119 e. The monoisotopic (exact) mass is 254 g/mol. The fraction of sp³-hybridized carbons (Fsp3) is 0.538. The van der Waals surface area contributed by atoms with E-state index in [2.05, 4.69) is 24.5 Å². The predicted octanol–water partition coefficient (Wildman–Crippen LogP) is 2.73. The van der Waals surface area contributed by atoms with Crippen molar-refractivity contribution >= 4 is 11.8 Å². The van der Waals surface area contributed by atoms with E-state index in [9.17, 15) is 0 Å². The lowest BCUT2D eigenvalue weighted by atomic mass is 10.1. The van der Waals surface area contributed by atoms with Crippen molar-refractivity contribution in [3.63, 3.8) is 0 Å². The van der Waals surface area contributed by atoms with Gasteiger partial charge < -0.3 is 4.74 Å². The molecule has 0 spiro atoms. The Morgan fingerprint density at radius 1 is 1.29 bits per heavy atom. The van der Waals surface area contributed by atoms with Crippen LogP contribution in [0, 0.1) is 0 Å². The van der Waals surface area contributed by atoms with Gasteiger partial charge in [0.2, 0.25) is 0 Å². The van der Waals surface area contributed by atoms with Crippen LogP contribution < -0.4 is 16.0 Å². The van der Waals surface area contributed by atoms with E-state index in [-0.39, 0.29) is 12.1 Å². The summed E-state index contributed by atoms with van der Waals surface area (Å²) in [6.07, 6.45) is 0.208. The number of nitrogens with two attached hydrogens (primary N) is 1. The van der Waals surface area contributed by atoms with Crippen LogP contribution in [0.4, 0.5) is 0 Å². The molecule has 0 aromatic heterocycles. The summed E-state index contributed by atoms with van der Waals surface area (Å²) in [5.74, 6) is 8.56. The number of thioether (sulfide) groups is 1. The molecule has 1 aromatic rings. The lowest BCUT2D eigenvalue weighted by Gasteiger charge is -2.16. The molecule has 4 heteroatoms. The van der Waals surface area contributed by atoms with Crippen LogP contribution >= 0.6 is 11.8 Å². The Labute approximate surface area is 108 Å². The molecule has 0 saturated heterocycles. The van der Waals surface area contributed by atoms with E-state index in [1.165, 1.54) is 5.56 Å². The Balaban J connectivity index is 2.64. The highest BCUT2D eigenvalue weighted by atomic mass is 32.2. The molecule has 0 aliphatic rings. The zero-order chi connectivity index (χ0) is 12.7. The first kappa shape index (κ1) is 14.4. The van der Waals surface area contributed by atoms with Gasteiger partial charge in [-0.2, -0.15) is 11.8 Å². The Bertz CT molecular complexity index is 314. The van der Waals surface area contributed by atoms with E-state index >= 15 is 0 Å². The van der Waals surface area contributed by atoms with E-state index in [1.54, 1.807) is 0 Å². The summed E-state index contributed by atoms with van der Waals surface area (Å²) < 4.78 is 5.61. The number of benzene rings is 1. The first-order valence-electron chi connectivity index (χ1n) is 5.97. The van der Waals surface area contributed by atoms with Crippen molar-refractivity contribution < 1.29 is 4.74 Å². The summed E-state index contributed by atoms with van der Waals surface area (Å²) in [6, 6.07) is 8.33. The van der Waals surface area contributed by atoms with Gasteiger partial charge >= 0.3 is 0 Å². The number of nitrogens with one attached hydrogen (secondary N) is 1.